The Balaban J connectivity index is 2.99. The third-order valence-electron chi connectivity index (χ3n) is 1.24. The van der Waals surface area contributed by atoms with E-state index >= 15 is 0 Å². The highest BCUT2D eigenvalue weighted by Crippen LogP contribution is 2.17. The van der Waals surface area contributed by atoms with Gasteiger partial charge < -0.3 is 9.84 Å². The highest BCUT2D eigenvalue weighted by Gasteiger charge is 2.00. The fourth-order valence-electron chi connectivity index (χ4n) is 0.702. The van der Waals surface area contributed by atoms with E-state index in [0.29, 0.717) is 5.88 Å². The summed E-state index contributed by atoms with van der Waals surface area (Å²) in [4.78, 5) is 3.98. The van der Waals surface area contributed by atoms with Gasteiger partial charge in [-0.05, 0) is 34.2 Å². The van der Waals surface area contributed by atoms with E-state index in [9.17, 15) is 0 Å². The van der Waals surface area contributed by atoms with Crippen LogP contribution in [-0.2, 0) is 6.61 Å². The van der Waals surface area contributed by atoms with E-state index in [1.807, 2.05) is 6.07 Å². The predicted molar refractivity (Wildman–Crippen MR) is 49.4 cm³/mol. The van der Waals surface area contributed by atoms with Gasteiger partial charge in [-0.1, -0.05) is 0 Å². The Morgan fingerprint density at radius 1 is 1.73 bits per heavy atom. The highest BCUT2D eigenvalue weighted by atomic mass is 127. The van der Waals surface area contributed by atoms with Crippen LogP contribution in [0.5, 0.6) is 5.88 Å². The molecule has 0 spiro atoms. The number of hydrogen-bond donors (Lipinski definition) is 1. The molecule has 60 valence electrons. The Kier molecular flexibility index (Phi) is 3.07. The lowest BCUT2D eigenvalue weighted by atomic mass is 10.3. The number of aromatic nitrogens is 1. The summed E-state index contributed by atoms with van der Waals surface area (Å²) in [7, 11) is 1.57. The molecule has 0 amide bonds. The second-order valence-electron chi connectivity index (χ2n) is 1.99. The lowest BCUT2D eigenvalue weighted by Crippen LogP contribution is -1.93. The van der Waals surface area contributed by atoms with Crippen LogP contribution in [0.1, 0.15) is 5.56 Å². The summed E-state index contributed by atoms with van der Waals surface area (Å²) < 4.78 is 5.86. The zero-order valence-corrected chi connectivity index (χ0v) is 8.20. The Morgan fingerprint density at radius 3 is 2.91 bits per heavy atom. The average Bonchev–Trinajstić information content (AvgIpc) is 2.04. The van der Waals surface area contributed by atoms with Gasteiger partial charge in [-0.2, -0.15) is 0 Å². The van der Waals surface area contributed by atoms with Crippen molar-refractivity contribution < 1.29 is 9.84 Å². The van der Waals surface area contributed by atoms with Gasteiger partial charge in [0.25, 0.3) is 0 Å². The zero-order chi connectivity index (χ0) is 8.27. The molecular weight excluding hydrogens is 257 g/mol. The van der Waals surface area contributed by atoms with Gasteiger partial charge in [0.05, 0.1) is 17.3 Å². The molecule has 0 fully saturated rings. The van der Waals surface area contributed by atoms with Gasteiger partial charge in [0.2, 0.25) is 5.88 Å². The minimum absolute atomic E-state index is 0.0208. The van der Waals surface area contributed by atoms with Gasteiger partial charge in [0.15, 0.2) is 0 Å². The van der Waals surface area contributed by atoms with Gasteiger partial charge >= 0.3 is 0 Å². The molecule has 0 aliphatic carbocycles. The summed E-state index contributed by atoms with van der Waals surface area (Å²) >= 11 is 2.11. The first-order valence-electron chi connectivity index (χ1n) is 3.07. The van der Waals surface area contributed by atoms with Crippen molar-refractivity contribution >= 4 is 22.6 Å². The molecule has 0 radical (unpaired) electrons. The Hall–Kier alpha value is -0.360. The maximum absolute atomic E-state index is 8.74. The monoisotopic (exact) mass is 265 g/mol. The summed E-state index contributed by atoms with van der Waals surface area (Å²) in [5, 5.41) is 8.74. The number of nitrogens with zero attached hydrogens (tertiary/aromatic N) is 1. The van der Waals surface area contributed by atoms with E-state index in [-0.39, 0.29) is 6.61 Å². The molecule has 3 nitrogen and oxygen atoms in total. The summed E-state index contributed by atoms with van der Waals surface area (Å²) in [6.45, 7) is 0.0208. The van der Waals surface area contributed by atoms with Crippen LogP contribution in [0, 0.1) is 3.57 Å². The smallest absolute Gasteiger partial charge is 0.226 e. The molecule has 0 bridgehead atoms. The topological polar surface area (TPSA) is 42.4 Å². The van der Waals surface area contributed by atoms with E-state index in [0.717, 1.165) is 9.13 Å². The molecule has 0 atom stereocenters. The molecule has 0 saturated carbocycles. The molecule has 0 aromatic carbocycles. The fourth-order valence-corrected chi connectivity index (χ4v) is 1.46. The molecule has 11 heavy (non-hydrogen) atoms. The van der Waals surface area contributed by atoms with Crippen LogP contribution in [0.3, 0.4) is 0 Å². The van der Waals surface area contributed by atoms with E-state index in [4.69, 9.17) is 9.84 Å². The van der Waals surface area contributed by atoms with Crippen molar-refractivity contribution in [2.75, 3.05) is 7.11 Å². The molecule has 1 rings (SSSR count). The number of rotatable bonds is 2. The average molecular weight is 265 g/mol. The third-order valence-corrected chi connectivity index (χ3v) is 2.01. The predicted octanol–water partition coefficient (Wildman–Crippen LogP) is 1.19. The Morgan fingerprint density at radius 2 is 2.45 bits per heavy atom. The Bertz CT molecular complexity index is 252. The van der Waals surface area contributed by atoms with Crippen molar-refractivity contribution in [1.29, 1.82) is 0 Å². The van der Waals surface area contributed by atoms with Gasteiger partial charge in [-0.3, -0.25) is 0 Å². The SMILES string of the molecule is COc1ncc(CO)cc1I. The van der Waals surface area contributed by atoms with E-state index in [2.05, 4.69) is 27.6 Å². The van der Waals surface area contributed by atoms with E-state index < -0.39 is 0 Å². The zero-order valence-electron chi connectivity index (χ0n) is 6.04. The lowest BCUT2D eigenvalue weighted by molar-refractivity contribution is 0.280. The van der Waals surface area contributed by atoms with Crippen molar-refractivity contribution in [3.8, 4) is 5.88 Å². The highest BCUT2D eigenvalue weighted by molar-refractivity contribution is 14.1. The standard InChI is InChI=1S/C7H8INO2/c1-11-7-6(8)2-5(4-10)3-9-7/h2-3,10H,4H2,1H3. The molecule has 4 heteroatoms. The summed E-state index contributed by atoms with van der Waals surface area (Å²) in [5.74, 6) is 0.600. The van der Waals surface area contributed by atoms with Gasteiger partial charge in [-0.15, -0.1) is 0 Å². The van der Waals surface area contributed by atoms with Crippen LogP contribution in [0.15, 0.2) is 12.3 Å². The quantitative estimate of drug-likeness (QED) is 0.817. The summed E-state index contributed by atoms with van der Waals surface area (Å²) in [6.07, 6.45) is 1.60. The third kappa shape index (κ3) is 2.03. The number of aliphatic hydroxyl groups excluding tert-OH is 1. The van der Waals surface area contributed by atoms with Crippen molar-refractivity contribution in [2.45, 2.75) is 6.61 Å². The van der Waals surface area contributed by atoms with Crippen molar-refractivity contribution in [3.63, 3.8) is 0 Å². The number of pyridine rings is 1. The van der Waals surface area contributed by atoms with E-state index in [1.54, 1.807) is 13.3 Å². The first-order chi connectivity index (χ1) is 5.27. The first kappa shape index (κ1) is 8.73. The normalized spacial score (nSPS) is 9.73. The minimum atomic E-state index is 0.0208. The van der Waals surface area contributed by atoms with Crippen LogP contribution in [0.25, 0.3) is 0 Å². The maximum Gasteiger partial charge on any atom is 0.226 e. The number of ether oxygens (including phenoxy) is 1. The maximum atomic E-state index is 8.74. The van der Waals surface area contributed by atoms with Crippen molar-refractivity contribution in [2.24, 2.45) is 0 Å². The molecule has 0 unspecified atom stereocenters. The van der Waals surface area contributed by atoms with Crippen molar-refractivity contribution in [1.82, 2.24) is 4.98 Å². The molecule has 0 aliphatic rings. The van der Waals surface area contributed by atoms with Crippen LogP contribution in [-0.4, -0.2) is 17.2 Å². The van der Waals surface area contributed by atoms with Crippen molar-refractivity contribution in [3.05, 3.63) is 21.4 Å². The van der Waals surface area contributed by atoms with Gasteiger partial charge in [0, 0.05) is 6.20 Å². The van der Waals surface area contributed by atoms with Crippen LogP contribution in [0.4, 0.5) is 0 Å². The number of hydrogen-bond acceptors (Lipinski definition) is 3. The minimum Gasteiger partial charge on any atom is -0.480 e. The van der Waals surface area contributed by atoms with Gasteiger partial charge in [0.1, 0.15) is 0 Å². The fraction of sp³-hybridized carbons (Fsp3) is 0.286. The molecule has 0 saturated heterocycles. The van der Waals surface area contributed by atoms with Crippen LogP contribution < -0.4 is 4.74 Å². The summed E-state index contributed by atoms with van der Waals surface area (Å²) in [5.41, 5.74) is 0.801. The number of aliphatic hydroxyl groups is 1. The van der Waals surface area contributed by atoms with Gasteiger partial charge in [-0.25, -0.2) is 4.98 Å². The molecule has 0 aliphatic heterocycles. The molecular formula is C7H8INO2. The first-order valence-corrected chi connectivity index (χ1v) is 4.15. The second kappa shape index (κ2) is 3.87. The van der Waals surface area contributed by atoms with E-state index in [1.165, 1.54) is 0 Å². The molecule has 1 N–H and O–H groups in total. The molecule has 1 aromatic heterocycles. The summed E-state index contributed by atoms with van der Waals surface area (Å²) in [6, 6.07) is 1.84. The lowest BCUT2D eigenvalue weighted by Gasteiger charge is -2.02. The van der Waals surface area contributed by atoms with Crippen LogP contribution >= 0.6 is 22.6 Å². The largest absolute Gasteiger partial charge is 0.480 e. The van der Waals surface area contributed by atoms with Crippen LogP contribution in [0.2, 0.25) is 0 Å². The molecule has 1 heterocycles. The number of halogens is 1. The second-order valence-corrected chi connectivity index (χ2v) is 3.15. The Labute approximate surface area is 78.6 Å². The molecule has 1 aromatic rings. The number of methoxy groups -OCH3 is 1.